The summed E-state index contributed by atoms with van der Waals surface area (Å²) in [4.78, 5) is 24.8. The summed E-state index contributed by atoms with van der Waals surface area (Å²) in [6.45, 7) is 5.58. The first-order chi connectivity index (χ1) is 9.52. The second-order valence-corrected chi connectivity index (χ2v) is 5.71. The molecule has 0 aliphatic heterocycles. The van der Waals surface area contributed by atoms with Crippen molar-refractivity contribution < 1.29 is 9.59 Å². The van der Waals surface area contributed by atoms with Crippen LogP contribution in [0.2, 0.25) is 0 Å². The summed E-state index contributed by atoms with van der Waals surface area (Å²) in [5.74, 6) is -0.131. The van der Waals surface area contributed by atoms with Crippen LogP contribution in [0.15, 0.2) is 29.6 Å². The molecule has 1 heterocycles. The third kappa shape index (κ3) is 2.96. The van der Waals surface area contributed by atoms with Gasteiger partial charge in [0.05, 0.1) is 5.56 Å². The van der Waals surface area contributed by atoms with Gasteiger partial charge in [0, 0.05) is 21.5 Å². The summed E-state index contributed by atoms with van der Waals surface area (Å²) in [6, 6.07) is 7.00. The van der Waals surface area contributed by atoms with Crippen LogP contribution < -0.4 is 5.32 Å². The number of amides is 1. The molecule has 1 aromatic carbocycles. The van der Waals surface area contributed by atoms with Crippen molar-refractivity contribution in [2.24, 2.45) is 0 Å². The van der Waals surface area contributed by atoms with E-state index in [0.29, 0.717) is 11.3 Å². The van der Waals surface area contributed by atoms with E-state index in [1.807, 2.05) is 19.2 Å². The summed E-state index contributed by atoms with van der Waals surface area (Å²) in [6.07, 6.45) is 0.839. The molecule has 1 N–H and O–H groups in total. The minimum atomic E-state index is -0.119. The van der Waals surface area contributed by atoms with Gasteiger partial charge in [0.2, 0.25) is 0 Å². The summed E-state index contributed by atoms with van der Waals surface area (Å²) in [7, 11) is 0. The van der Waals surface area contributed by atoms with Crippen LogP contribution in [0.4, 0.5) is 5.69 Å². The lowest BCUT2D eigenvalue weighted by Gasteiger charge is -2.07. The Bertz CT molecular complexity index is 658. The minimum absolute atomic E-state index is 0.0123. The summed E-state index contributed by atoms with van der Waals surface area (Å²) in [5, 5.41) is 4.74. The quantitative estimate of drug-likeness (QED) is 0.861. The molecule has 0 bridgehead atoms. The predicted octanol–water partition coefficient (Wildman–Crippen LogP) is 4.07. The van der Waals surface area contributed by atoms with E-state index in [4.69, 9.17) is 0 Å². The number of hydrogen-bond donors (Lipinski definition) is 1. The Labute approximate surface area is 122 Å². The second-order valence-electron chi connectivity index (χ2n) is 4.63. The lowest BCUT2D eigenvalue weighted by molar-refractivity contribution is 0.101. The molecule has 1 amide bonds. The zero-order valence-corrected chi connectivity index (χ0v) is 12.6. The molecule has 2 aromatic rings. The molecule has 0 aliphatic carbocycles. The van der Waals surface area contributed by atoms with Gasteiger partial charge in [0.15, 0.2) is 5.78 Å². The fourth-order valence-electron chi connectivity index (χ4n) is 2.12. The van der Waals surface area contributed by atoms with E-state index in [1.165, 1.54) is 11.8 Å². The smallest absolute Gasteiger partial charge is 0.256 e. The van der Waals surface area contributed by atoms with E-state index in [0.717, 1.165) is 17.5 Å². The third-order valence-electron chi connectivity index (χ3n) is 3.23. The molecule has 0 spiro atoms. The van der Waals surface area contributed by atoms with E-state index in [2.05, 4.69) is 5.32 Å². The molecule has 0 unspecified atom stereocenters. The number of nitrogens with one attached hydrogen (secondary N) is 1. The van der Waals surface area contributed by atoms with Crippen molar-refractivity contribution in [3.63, 3.8) is 0 Å². The Morgan fingerprint density at radius 3 is 2.70 bits per heavy atom. The maximum atomic E-state index is 12.3. The molecule has 0 radical (unpaired) electrons. The molecule has 0 atom stereocenters. The minimum Gasteiger partial charge on any atom is -0.322 e. The Hall–Kier alpha value is -1.94. The molecule has 1 aromatic heterocycles. The highest BCUT2D eigenvalue weighted by Gasteiger charge is 2.14. The lowest BCUT2D eigenvalue weighted by atomic mass is 10.1. The summed E-state index contributed by atoms with van der Waals surface area (Å²) >= 11 is 1.59. The van der Waals surface area contributed by atoms with Gasteiger partial charge < -0.3 is 5.32 Å². The van der Waals surface area contributed by atoms with Gasteiger partial charge in [-0.05, 0) is 38.0 Å². The fraction of sp³-hybridized carbons (Fsp3) is 0.250. The molecule has 0 saturated carbocycles. The van der Waals surface area contributed by atoms with Crippen molar-refractivity contribution in [2.45, 2.75) is 27.2 Å². The van der Waals surface area contributed by atoms with Crippen LogP contribution in [0.25, 0.3) is 0 Å². The first-order valence-corrected chi connectivity index (χ1v) is 7.40. The van der Waals surface area contributed by atoms with Crippen molar-refractivity contribution in [3.05, 3.63) is 51.2 Å². The van der Waals surface area contributed by atoms with E-state index in [-0.39, 0.29) is 11.7 Å². The van der Waals surface area contributed by atoms with Crippen LogP contribution in [-0.4, -0.2) is 11.7 Å². The van der Waals surface area contributed by atoms with Crippen molar-refractivity contribution in [1.82, 2.24) is 0 Å². The number of aryl methyl sites for hydroxylation is 1. The van der Waals surface area contributed by atoms with Crippen LogP contribution in [0.1, 0.15) is 45.0 Å². The number of carbonyl (C=O) groups excluding carboxylic acids is 2. The first-order valence-electron chi connectivity index (χ1n) is 6.52. The van der Waals surface area contributed by atoms with Crippen LogP contribution >= 0.6 is 11.3 Å². The average molecular weight is 287 g/mol. The van der Waals surface area contributed by atoms with Crippen LogP contribution in [-0.2, 0) is 6.42 Å². The van der Waals surface area contributed by atoms with E-state index >= 15 is 0 Å². The topological polar surface area (TPSA) is 46.2 Å². The fourth-order valence-corrected chi connectivity index (χ4v) is 3.06. The maximum Gasteiger partial charge on any atom is 0.256 e. The zero-order chi connectivity index (χ0) is 14.7. The Morgan fingerprint density at radius 1 is 1.30 bits per heavy atom. The molecule has 0 aliphatic rings. The number of Topliss-reactive ketones (excluding diaryl/α,β-unsaturated/α-hetero) is 1. The Balaban J connectivity index is 2.23. The van der Waals surface area contributed by atoms with Gasteiger partial charge in [0.1, 0.15) is 0 Å². The largest absolute Gasteiger partial charge is 0.322 e. The monoisotopic (exact) mass is 287 g/mol. The van der Waals surface area contributed by atoms with Gasteiger partial charge in [-0.15, -0.1) is 11.3 Å². The van der Waals surface area contributed by atoms with Crippen molar-refractivity contribution in [2.75, 3.05) is 5.32 Å². The standard InChI is InChI=1S/C16H17NO2S/c1-4-14-11(3)20-9-15(14)16(19)17-13-7-5-6-12(8-13)10(2)18/h5-9H,4H2,1-3H3,(H,17,19). The first kappa shape index (κ1) is 14.5. The third-order valence-corrected chi connectivity index (χ3v) is 4.18. The van der Waals surface area contributed by atoms with Gasteiger partial charge in [0.25, 0.3) is 5.91 Å². The Morgan fingerprint density at radius 2 is 2.05 bits per heavy atom. The number of carbonyl (C=O) groups is 2. The molecule has 104 valence electrons. The average Bonchev–Trinajstić information content (AvgIpc) is 2.80. The van der Waals surface area contributed by atoms with E-state index < -0.39 is 0 Å². The maximum absolute atomic E-state index is 12.3. The molecule has 0 saturated heterocycles. The number of anilines is 1. The molecule has 4 heteroatoms. The van der Waals surface area contributed by atoms with Gasteiger partial charge in [-0.25, -0.2) is 0 Å². The van der Waals surface area contributed by atoms with E-state index in [9.17, 15) is 9.59 Å². The van der Waals surface area contributed by atoms with Gasteiger partial charge >= 0.3 is 0 Å². The highest BCUT2D eigenvalue weighted by molar-refractivity contribution is 7.10. The second kappa shape index (κ2) is 6.01. The normalized spacial score (nSPS) is 10.3. The number of thiophene rings is 1. The van der Waals surface area contributed by atoms with Crippen LogP contribution in [0.5, 0.6) is 0 Å². The van der Waals surface area contributed by atoms with Gasteiger partial charge in [-0.1, -0.05) is 19.1 Å². The zero-order valence-electron chi connectivity index (χ0n) is 11.8. The molecule has 3 nitrogen and oxygen atoms in total. The van der Waals surface area contributed by atoms with Crippen molar-refractivity contribution in [1.29, 1.82) is 0 Å². The number of ketones is 1. The SMILES string of the molecule is CCc1c(C(=O)Nc2cccc(C(C)=O)c2)csc1C. The van der Waals surface area contributed by atoms with Crippen molar-refractivity contribution >= 4 is 28.7 Å². The number of benzene rings is 1. The molecule has 20 heavy (non-hydrogen) atoms. The molecular formula is C16H17NO2S. The van der Waals surface area contributed by atoms with Crippen LogP contribution in [0, 0.1) is 6.92 Å². The highest BCUT2D eigenvalue weighted by atomic mass is 32.1. The Kier molecular flexibility index (Phi) is 4.35. The summed E-state index contributed by atoms with van der Waals surface area (Å²) < 4.78 is 0. The van der Waals surface area contributed by atoms with Gasteiger partial charge in [-0.3, -0.25) is 9.59 Å². The highest BCUT2D eigenvalue weighted by Crippen LogP contribution is 2.23. The lowest BCUT2D eigenvalue weighted by Crippen LogP contribution is -2.13. The molecule has 2 rings (SSSR count). The molecular weight excluding hydrogens is 270 g/mol. The number of hydrogen-bond acceptors (Lipinski definition) is 3. The predicted molar refractivity (Wildman–Crippen MR) is 82.8 cm³/mol. The van der Waals surface area contributed by atoms with Crippen LogP contribution in [0.3, 0.4) is 0 Å². The molecule has 0 fully saturated rings. The number of rotatable bonds is 4. The van der Waals surface area contributed by atoms with E-state index in [1.54, 1.807) is 35.6 Å². The van der Waals surface area contributed by atoms with Gasteiger partial charge in [-0.2, -0.15) is 0 Å². The van der Waals surface area contributed by atoms with Crippen molar-refractivity contribution in [3.8, 4) is 0 Å². The summed E-state index contributed by atoms with van der Waals surface area (Å²) in [5.41, 5.74) is 3.06.